The van der Waals surface area contributed by atoms with Crippen LogP contribution < -0.4 is 0 Å². The molecule has 2 aromatic rings. The lowest BCUT2D eigenvalue weighted by Gasteiger charge is -2.26. The monoisotopic (exact) mass is 298 g/mol. The van der Waals surface area contributed by atoms with Gasteiger partial charge in [0, 0.05) is 36.2 Å². The number of piperidine rings is 1. The molecule has 1 aromatic heterocycles. The van der Waals surface area contributed by atoms with Crippen LogP contribution in [0.15, 0.2) is 30.5 Å². The van der Waals surface area contributed by atoms with Crippen molar-refractivity contribution < 1.29 is 9.90 Å². The number of hydrogen-bond donors (Lipinski definition) is 2. The Hall–Kier alpha value is -1.81. The molecular formula is C18H22N2O2. The van der Waals surface area contributed by atoms with Gasteiger partial charge in [-0.15, -0.1) is 0 Å². The van der Waals surface area contributed by atoms with Crippen LogP contribution in [0.3, 0.4) is 0 Å². The number of nitrogens with one attached hydrogen (secondary N) is 1. The van der Waals surface area contributed by atoms with E-state index < -0.39 is 5.97 Å². The van der Waals surface area contributed by atoms with Gasteiger partial charge in [0.05, 0.1) is 5.92 Å². The number of likely N-dealkylation sites (tertiary alicyclic amines) is 1. The zero-order chi connectivity index (χ0) is 15.3. The summed E-state index contributed by atoms with van der Waals surface area (Å²) in [4.78, 5) is 16.8. The second-order valence-corrected chi connectivity index (χ2v) is 6.89. The number of para-hydroxylation sites is 1. The zero-order valence-corrected chi connectivity index (χ0v) is 12.8. The average molecular weight is 298 g/mol. The maximum atomic E-state index is 11.0. The lowest BCUT2D eigenvalue weighted by Crippen LogP contribution is -2.34. The summed E-state index contributed by atoms with van der Waals surface area (Å²) in [5.74, 6) is 0.166. The highest BCUT2D eigenvalue weighted by atomic mass is 16.4. The van der Waals surface area contributed by atoms with E-state index in [4.69, 9.17) is 5.11 Å². The van der Waals surface area contributed by atoms with Gasteiger partial charge < -0.3 is 15.0 Å². The van der Waals surface area contributed by atoms with Crippen molar-refractivity contribution in [3.8, 4) is 0 Å². The van der Waals surface area contributed by atoms with Gasteiger partial charge in [0.15, 0.2) is 0 Å². The number of rotatable bonds is 5. The van der Waals surface area contributed by atoms with Crippen LogP contribution in [0.1, 0.15) is 18.9 Å². The van der Waals surface area contributed by atoms with Gasteiger partial charge in [0.1, 0.15) is 0 Å². The lowest BCUT2D eigenvalue weighted by molar-refractivity contribution is -0.139. The van der Waals surface area contributed by atoms with Crippen LogP contribution in [0, 0.1) is 17.8 Å². The van der Waals surface area contributed by atoms with Crippen molar-refractivity contribution in [1.29, 1.82) is 0 Å². The molecule has 2 aliphatic rings. The Labute approximate surface area is 130 Å². The molecule has 4 nitrogen and oxygen atoms in total. The third kappa shape index (κ3) is 2.22. The Morgan fingerprint density at radius 3 is 2.82 bits per heavy atom. The fourth-order valence-corrected chi connectivity index (χ4v) is 4.17. The van der Waals surface area contributed by atoms with E-state index in [2.05, 4.69) is 47.3 Å². The molecule has 1 aromatic carbocycles. The molecule has 1 aliphatic carbocycles. The number of nitrogens with zero attached hydrogens (tertiary/aromatic N) is 1. The van der Waals surface area contributed by atoms with Gasteiger partial charge in [-0.3, -0.25) is 4.79 Å². The second kappa shape index (κ2) is 5.13. The molecule has 1 saturated heterocycles. The van der Waals surface area contributed by atoms with E-state index in [-0.39, 0.29) is 5.92 Å². The van der Waals surface area contributed by atoms with Crippen molar-refractivity contribution in [1.82, 2.24) is 9.88 Å². The van der Waals surface area contributed by atoms with E-state index in [1.807, 2.05) is 0 Å². The van der Waals surface area contributed by atoms with Gasteiger partial charge in [-0.25, -0.2) is 0 Å². The van der Waals surface area contributed by atoms with Crippen LogP contribution in [0.5, 0.6) is 0 Å². The predicted octanol–water partition coefficient (Wildman–Crippen LogP) is 2.75. The van der Waals surface area contributed by atoms with Crippen LogP contribution >= 0.6 is 0 Å². The maximum absolute atomic E-state index is 11.0. The summed E-state index contributed by atoms with van der Waals surface area (Å²) in [6.45, 7) is 4.21. The van der Waals surface area contributed by atoms with Gasteiger partial charge >= 0.3 is 5.97 Å². The number of aromatic amines is 1. The van der Waals surface area contributed by atoms with Crippen molar-refractivity contribution in [2.45, 2.75) is 25.8 Å². The fourth-order valence-electron chi connectivity index (χ4n) is 4.17. The summed E-state index contributed by atoms with van der Waals surface area (Å²) in [6.07, 6.45) is 4.32. The van der Waals surface area contributed by atoms with Crippen molar-refractivity contribution in [2.75, 3.05) is 13.1 Å². The van der Waals surface area contributed by atoms with Crippen LogP contribution in [-0.4, -0.2) is 40.1 Å². The molecular weight excluding hydrogens is 276 g/mol. The number of aromatic nitrogens is 1. The second-order valence-electron chi connectivity index (χ2n) is 6.89. The van der Waals surface area contributed by atoms with E-state index in [0.717, 1.165) is 25.9 Å². The summed E-state index contributed by atoms with van der Waals surface area (Å²) in [5, 5.41) is 10.4. The minimum absolute atomic E-state index is 0.0583. The Morgan fingerprint density at radius 1 is 1.36 bits per heavy atom. The summed E-state index contributed by atoms with van der Waals surface area (Å²) in [6, 6.07) is 8.95. The number of aliphatic carboxylic acids is 1. The van der Waals surface area contributed by atoms with Gasteiger partial charge in [-0.1, -0.05) is 18.2 Å². The molecule has 1 aliphatic heterocycles. The standard InChI is InChI=1S/C18H22N2O2/c1-11(20-9-14-15(10-20)17(14)18(21)22)6-7-12-8-19-16-5-3-2-4-13(12)16/h2-5,8,11,14-15,17,19H,6-7,9-10H2,1H3,(H,21,22)/t11-,14-,15+,17?/m0/s1. The van der Waals surface area contributed by atoms with Crippen LogP contribution in [0.25, 0.3) is 10.9 Å². The van der Waals surface area contributed by atoms with Crippen molar-refractivity contribution in [2.24, 2.45) is 17.8 Å². The number of benzene rings is 1. The highest BCUT2D eigenvalue weighted by molar-refractivity contribution is 5.83. The lowest BCUT2D eigenvalue weighted by atomic mass is 10.0. The first-order valence-electron chi connectivity index (χ1n) is 8.17. The minimum atomic E-state index is -0.596. The van der Waals surface area contributed by atoms with Crippen molar-refractivity contribution >= 4 is 16.9 Å². The summed E-state index contributed by atoms with van der Waals surface area (Å²) in [7, 11) is 0. The zero-order valence-electron chi connectivity index (χ0n) is 12.8. The first-order valence-corrected chi connectivity index (χ1v) is 8.17. The predicted molar refractivity (Wildman–Crippen MR) is 85.8 cm³/mol. The van der Waals surface area contributed by atoms with Crippen molar-refractivity contribution in [3.05, 3.63) is 36.0 Å². The minimum Gasteiger partial charge on any atom is -0.481 e. The molecule has 0 amide bonds. The summed E-state index contributed by atoms with van der Waals surface area (Å²) in [5.41, 5.74) is 2.59. The molecule has 0 bridgehead atoms. The first-order chi connectivity index (χ1) is 10.6. The number of carboxylic acid groups (broad SMARTS) is 1. The third-order valence-corrected chi connectivity index (χ3v) is 5.64. The maximum Gasteiger partial charge on any atom is 0.307 e. The number of carboxylic acids is 1. The molecule has 2 fully saturated rings. The number of hydrogen-bond acceptors (Lipinski definition) is 2. The van der Waals surface area contributed by atoms with E-state index >= 15 is 0 Å². The molecule has 2 heterocycles. The van der Waals surface area contributed by atoms with E-state index in [1.165, 1.54) is 16.5 Å². The summed E-state index contributed by atoms with van der Waals surface area (Å²) >= 11 is 0. The van der Waals surface area contributed by atoms with Crippen LogP contribution in [0.4, 0.5) is 0 Å². The Kier molecular flexibility index (Phi) is 3.22. The molecule has 0 radical (unpaired) electrons. The van der Waals surface area contributed by atoms with E-state index in [0.29, 0.717) is 17.9 Å². The van der Waals surface area contributed by atoms with E-state index in [1.54, 1.807) is 0 Å². The van der Waals surface area contributed by atoms with Gasteiger partial charge in [-0.2, -0.15) is 0 Å². The van der Waals surface area contributed by atoms with Crippen molar-refractivity contribution in [3.63, 3.8) is 0 Å². The number of H-pyrrole nitrogens is 1. The molecule has 4 heteroatoms. The third-order valence-electron chi connectivity index (χ3n) is 5.64. The molecule has 2 N–H and O–H groups in total. The molecule has 1 unspecified atom stereocenters. The SMILES string of the molecule is C[C@@H](CCc1c[nH]c2ccccc12)N1C[C@@H]2C(C(=O)O)[C@@H]2C1. The molecule has 4 rings (SSSR count). The molecule has 4 atom stereocenters. The number of carbonyl (C=O) groups is 1. The van der Waals surface area contributed by atoms with Gasteiger partial charge in [-0.05, 0) is 43.2 Å². The highest BCUT2D eigenvalue weighted by Crippen LogP contribution is 2.52. The topological polar surface area (TPSA) is 56.3 Å². The van der Waals surface area contributed by atoms with Gasteiger partial charge in [0.2, 0.25) is 0 Å². The Morgan fingerprint density at radius 2 is 2.09 bits per heavy atom. The Balaban J connectivity index is 1.34. The smallest absolute Gasteiger partial charge is 0.307 e. The normalized spacial score (nSPS) is 28.7. The summed E-state index contributed by atoms with van der Waals surface area (Å²) < 4.78 is 0. The largest absolute Gasteiger partial charge is 0.481 e. The number of fused-ring (bicyclic) bond motifs is 2. The molecule has 22 heavy (non-hydrogen) atoms. The quantitative estimate of drug-likeness (QED) is 0.892. The first kappa shape index (κ1) is 13.8. The van der Waals surface area contributed by atoms with Gasteiger partial charge in [0.25, 0.3) is 0 Å². The molecule has 116 valence electrons. The number of aryl methyl sites for hydroxylation is 1. The van der Waals surface area contributed by atoms with Crippen LogP contribution in [0.2, 0.25) is 0 Å². The van der Waals surface area contributed by atoms with E-state index in [9.17, 15) is 4.79 Å². The fraction of sp³-hybridized carbons (Fsp3) is 0.500. The molecule has 0 spiro atoms. The Bertz CT molecular complexity index is 696. The average Bonchev–Trinajstić information content (AvgIpc) is 2.87. The highest BCUT2D eigenvalue weighted by Gasteiger charge is 2.59. The molecule has 1 saturated carbocycles. The van der Waals surface area contributed by atoms with Crippen LogP contribution in [-0.2, 0) is 11.2 Å².